The van der Waals surface area contributed by atoms with Gasteiger partial charge in [-0.1, -0.05) is 11.6 Å². The highest BCUT2D eigenvalue weighted by Crippen LogP contribution is 2.26. The van der Waals surface area contributed by atoms with Crippen LogP contribution in [0.25, 0.3) is 10.9 Å². The summed E-state index contributed by atoms with van der Waals surface area (Å²) in [6.45, 7) is 1.69. The van der Waals surface area contributed by atoms with Crippen molar-refractivity contribution in [3.63, 3.8) is 0 Å². The SMILES string of the molecule is Cc1cc(Cl)c2cc(C(=O)O)cc(F)c2n1. The zero-order chi connectivity index (χ0) is 11.9. The first-order chi connectivity index (χ1) is 7.49. The molecule has 2 rings (SSSR count). The smallest absolute Gasteiger partial charge is 0.335 e. The van der Waals surface area contributed by atoms with Crippen molar-refractivity contribution in [2.75, 3.05) is 0 Å². The van der Waals surface area contributed by atoms with E-state index in [4.69, 9.17) is 16.7 Å². The largest absolute Gasteiger partial charge is 0.478 e. The Morgan fingerprint density at radius 2 is 2.12 bits per heavy atom. The third kappa shape index (κ3) is 1.72. The van der Waals surface area contributed by atoms with Gasteiger partial charge in [-0.25, -0.2) is 14.2 Å². The van der Waals surface area contributed by atoms with E-state index in [1.165, 1.54) is 6.07 Å². The van der Waals surface area contributed by atoms with E-state index < -0.39 is 11.8 Å². The van der Waals surface area contributed by atoms with Crippen LogP contribution in [-0.4, -0.2) is 16.1 Å². The third-order valence-electron chi connectivity index (χ3n) is 2.19. The predicted molar refractivity (Wildman–Crippen MR) is 58.4 cm³/mol. The van der Waals surface area contributed by atoms with Crippen molar-refractivity contribution >= 4 is 28.5 Å². The van der Waals surface area contributed by atoms with E-state index in [1.807, 2.05) is 0 Å². The van der Waals surface area contributed by atoms with E-state index in [1.54, 1.807) is 13.0 Å². The monoisotopic (exact) mass is 239 g/mol. The number of carbonyl (C=O) groups is 1. The van der Waals surface area contributed by atoms with E-state index in [-0.39, 0.29) is 11.1 Å². The Hall–Kier alpha value is -1.68. The van der Waals surface area contributed by atoms with E-state index in [0.717, 1.165) is 6.07 Å². The van der Waals surface area contributed by atoms with E-state index in [9.17, 15) is 9.18 Å². The maximum absolute atomic E-state index is 13.6. The lowest BCUT2D eigenvalue weighted by atomic mass is 10.1. The molecule has 1 N–H and O–H groups in total. The van der Waals surface area contributed by atoms with E-state index >= 15 is 0 Å². The molecule has 5 heteroatoms. The van der Waals surface area contributed by atoms with Crippen LogP contribution in [0.1, 0.15) is 16.1 Å². The van der Waals surface area contributed by atoms with Crippen LogP contribution in [0.5, 0.6) is 0 Å². The van der Waals surface area contributed by atoms with Crippen molar-refractivity contribution in [2.24, 2.45) is 0 Å². The molecule has 0 fully saturated rings. The van der Waals surface area contributed by atoms with Gasteiger partial charge < -0.3 is 5.11 Å². The predicted octanol–water partition coefficient (Wildman–Crippen LogP) is 3.03. The minimum atomic E-state index is -1.20. The molecule has 2 aromatic rings. The van der Waals surface area contributed by atoms with Crippen LogP contribution >= 0.6 is 11.6 Å². The van der Waals surface area contributed by atoms with Crippen molar-refractivity contribution in [1.82, 2.24) is 4.98 Å². The molecule has 0 amide bonds. The molecule has 0 atom stereocenters. The molecule has 0 radical (unpaired) electrons. The number of pyridine rings is 1. The number of carboxylic acids is 1. The highest BCUT2D eigenvalue weighted by molar-refractivity contribution is 6.35. The summed E-state index contributed by atoms with van der Waals surface area (Å²) in [7, 11) is 0. The number of hydrogen-bond donors (Lipinski definition) is 1. The fourth-order valence-electron chi connectivity index (χ4n) is 1.49. The molecule has 1 aromatic carbocycles. The Labute approximate surface area is 95.5 Å². The molecule has 1 heterocycles. The molecule has 3 nitrogen and oxygen atoms in total. The van der Waals surface area contributed by atoms with E-state index in [0.29, 0.717) is 16.1 Å². The lowest BCUT2D eigenvalue weighted by Gasteiger charge is -2.04. The first-order valence-corrected chi connectivity index (χ1v) is 4.86. The number of nitrogens with zero attached hydrogens (tertiary/aromatic N) is 1. The summed E-state index contributed by atoms with van der Waals surface area (Å²) < 4.78 is 13.6. The molecule has 0 bridgehead atoms. The molecule has 0 aliphatic heterocycles. The molecule has 0 spiro atoms. The van der Waals surface area contributed by atoms with Crippen molar-refractivity contribution < 1.29 is 14.3 Å². The fourth-order valence-corrected chi connectivity index (χ4v) is 1.79. The quantitative estimate of drug-likeness (QED) is 0.832. The maximum Gasteiger partial charge on any atom is 0.335 e. The normalized spacial score (nSPS) is 10.7. The second-order valence-corrected chi connectivity index (χ2v) is 3.81. The average molecular weight is 240 g/mol. The second kappa shape index (κ2) is 3.72. The van der Waals surface area contributed by atoms with Crippen LogP contribution in [-0.2, 0) is 0 Å². The summed E-state index contributed by atoms with van der Waals surface area (Å²) in [6.07, 6.45) is 0. The summed E-state index contributed by atoms with van der Waals surface area (Å²) in [5.41, 5.74) is 0.534. The lowest BCUT2D eigenvalue weighted by Crippen LogP contribution is -1.99. The van der Waals surface area contributed by atoms with Gasteiger partial charge in [0.15, 0.2) is 0 Å². The van der Waals surface area contributed by atoms with Gasteiger partial charge in [0, 0.05) is 11.1 Å². The van der Waals surface area contributed by atoms with Crippen LogP contribution in [0.15, 0.2) is 18.2 Å². The molecular formula is C11H7ClFNO2. The van der Waals surface area contributed by atoms with Gasteiger partial charge in [0.05, 0.1) is 10.6 Å². The summed E-state index contributed by atoms with van der Waals surface area (Å²) >= 11 is 5.91. The van der Waals surface area contributed by atoms with E-state index in [2.05, 4.69) is 4.98 Å². The van der Waals surface area contributed by atoms with Crippen molar-refractivity contribution in [1.29, 1.82) is 0 Å². The Kier molecular flexibility index (Phi) is 2.52. The van der Waals surface area contributed by atoms with Crippen LogP contribution < -0.4 is 0 Å². The van der Waals surface area contributed by atoms with Crippen molar-refractivity contribution in [3.05, 3.63) is 40.3 Å². The number of benzene rings is 1. The first-order valence-electron chi connectivity index (χ1n) is 4.48. The molecule has 1 aromatic heterocycles. The van der Waals surface area contributed by atoms with Gasteiger partial charge in [-0.05, 0) is 25.1 Å². The Morgan fingerprint density at radius 3 is 2.75 bits per heavy atom. The average Bonchev–Trinajstić information content (AvgIpc) is 2.19. The van der Waals surface area contributed by atoms with Crippen LogP contribution in [0.4, 0.5) is 4.39 Å². The summed E-state index contributed by atoms with van der Waals surface area (Å²) in [4.78, 5) is 14.7. The van der Waals surface area contributed by atoms with Gasteiger partial charge in [-0.15, -0.1) is 0 Å². The third-order valence-corrected chi connectivity index (χ3v) is 2.50. The zero-order valence-corrected chi connectivity index (χ0v) is 9.05. The van der Waals surface area contributed by atoms with Gasteiger partial charge in [-0.2, -0.15) is 0 Å². The molecule has 82 valence electrons. The number of aromatic carboxylic acids is 1. The Bertz CT molecular complexity index is 598. The number of hydrogen-bond acceptors (Lipinski definition) is 2. The van der Waals surface area contributed by atoms with Crippen LogP contribution in [0.3, 0.4) is 0 Å². The summed E-state index contributed by atoms with van der Waals surface area (Å²) in [5, 5.41) is 9.39. The highest BCUT2D eigenvalue weighted by Gasteiger charge is 2.12. The molecule has 0 saturated heterocycles. The minimum Gasteiger partial charge on any atom is -0.478 e. The van der Waals surface area contributed by atoms with Gasteiger partial charge in [0.25, 0.3) is 0 Å². The van der Waals surface area contributed by atoms with Crippen LogP contribution in [0, 0.1) is 12.7 Å². The number of aryl methyl sites for hydroxylation is 1. The second-order valence-electron chi connectivity index (χ2n) is 3.40. The first kappa shape index (κ1) is 10.8. The van der Waals surface area contributed by atoms with Gasteiger partial charge in [0.1, 0.15) is 11.3 Å². The van der Waals surface area contributed by atoms with Crippen LogP contribution in [0.2, 0.25) is 5.02 Å². The molecule has 16 heavy (non-hydrogen) atoms. The maximum atomic E-state index is 13.6. The number of aromatic nitrogens is 1. The van der Waals surface area contributed by atoms with Crippen molar-refractivity contribution in [3.8, 4) is 0 Å². The number of fused-ring (bicyclic) bond motifs is 1. The molecule has 0 aliphatic carbocycles. The standard InChI is InChI=1S/C11H7ClFNO2/c1-5-2-8(12)7-3-6(11(15)16)4-9(13)10(7)14-5/h2-4H,1H3,(H,15,16). The molecule has 0 aliphatic rings. The zero-order valence-electron chi connectivity index (χ0n) is 8.29. The van der Waals surface area contributed by atoms with Gasteiger partial charge in [-0.3, -0.25) is 0 Å². The highest BCUT2D eigenvalue weighted by atomic mass is 35.5. The van der Waals surface area contributed by atoms with Gasteiger partial charge in [0.2, 0.25) is 0 Å². The Morgan fingerprint density at radius 1 is 1.44 bits per heavy atom. The van der Waals surface area contributed by atoms with Gasteiger partial charge >= 0.3 is 5.97 Å². The summed E-state index contributed by atoms with van der Waals surface area (Å²) in [6, 6.07) is 3.82. The number of rotatable bonds is 1. The summed E-state index contributed by atoms with van der Waals surface area (Å²) in [5.74, 6) is -1.88. The molecule has 0 unspecified atom stereocenters. The number of halogens is 2. The Balaban J connectivity index is 2.87. The minimum absolute atomic E-state index is 0.0926. The topological polar surface area (TPSA) is 50.2 Å². The number of carboxylic acid groups (broad SMARTS) is 1. The lowest BCUT2D eigenvalue weighted by molar-refractivity contribution is 0.0696. The van der Waals surface area contributed by atoms with Crippen molar-refractivity contribution in [2.45, 2.75) is 6.92 Å². The molecule has 0 saturated carbocycles. The molecular weight excluding hydrogens is 233 g/mol. The fraction of sp³-hybridized carbons (Fsp3) is 0.0909.